The number of nitrogens with zero attached hydrogens (tertiary/aromatic N) is 2. The average molecular weight is 829 g/mol. The summed E-state index contributed by atoms with van der Waals surface area (Å²) >= 11 is 0. The normalized spacial score (nSPS) is 15.7. The molecule has 0 bridgehead atoms. The first-order valence-corrected chi connectivity index (χ1v) is 23.4. The minimum atomic E-state index is -0.139. The molecular formula is C59H54B2N2O. The Morgan fingerprint density at radius 2 is 1.08 bits per heavy atom. The van der Waals surface area contributed by atoms with Gasteiger partial charge in [0.05, 0.1) is 11.3 Å². The summed E-state index contributed by atoms with van der Waals surface area (Å²) in [5.74, 6) is 0. The van der Waals surface area contributed by atoms with Crippen LogP contribution in [0.2, 0.25) is 0 Å². The zero-order chi connectivity index (χ0) is 44.1. The SMILES string of the molecule is CC(C)(C)c1ccc2c(c1)B1c3cc(C(C)(C)C)ccc3-c3ccc4c5c3N1c1c(cc(C(C)(C)C)cc1-2)B5c1oc2ccccc2c1N4c1ccc2c(c1)C(C)(C)c1ccccc1-2. The summed E-state index contributed by atoms with van der Waals surface area (Å²) in [6, 6.07) is 49.6. The van der Waals surface area contributed by atoms with Gasteiger partial charge in [0.2, 0.25) is 0 Å². The molecule has 5 aliphatic rings. The van der Waals surface area contributed by atoms with Crippen LogP contribution in [0.15, 0.2) is 132 Å². The summed E-state index contributed by atoms with van der Waals surface area (Å²) in [6.07, 6.45) is 0. The van der Waals surface area contributed by atoms with Crippen LogP contribution in [0.3, 0.4) is 0 Å². The molecule has 0 saturated heterocycles. The molecular weight excluding hydrogens is 774 g/mol. The number of rotatable bonds is 1. The molecule has 0 atom stereocenters. The first kappa shape index (κ1) is 38.3. The zero-order valence-electron chi connectivity index (χ0n) is 39.1. The molecule has 0 saturated carbocycles. The van der Waals surface area contributed by atoms with Crippen LogP contribution in [0.4, 0.5) is 28.4 Å². The molecule has 0 unspecified atom stereocenters. The van der Waals surface area contributed by atoms with Crippen LogP contribution in [0.5, 0.6) is 0 Å². The van der Waals surface area contributed by atoms with Crippen LogP contribution in [0.1, 0.15) is 104 Å². The van der Waals surface area contributed by atoms with Crippen molar-refractivity contribution in [2.24, 2.45) is 0 Å². The molecule has 0 N–H and O–H groups in total. The Morgan fingerprint density at radius 1 is 0.484 bits per heavy atom. The van der Waals surface area contributed by atoms with E-state index in [-0.39, 0.29) is 35.2 Å². The maximum absolute atomic E-state index is 7.35. The summed E-state index contributed by atoms with van der Waals surface area (Å²) in [5, 5.41) is 1.14. The second kappa shape index (κ2) is 12.1. The number of fused-ring (bicyclic) bond motifs is 14. The maximum Gasteiger partial charge on any atom is 0.329 e. The van der Waals surface area contributed by atoms with Crippen molar-refractivity contribution in [1.82, 2.24) is 0 Å². The third-order valence-corrected chi connectivity index (χ3v) is 15.7. The summed E-state index contributed by atoms with van der Waals surface area (Å²) < 4.78 is 7.35. The Kier molecular flexibility index (Phi) is 7.25. The van der Waals surface area contributed by atoms with Gasteiger partial charge in [-0.3, -0.25) is 0 Å². The summed E-state index contributed by atoms with van der Waals surface area (Å²) in [6.45, 7) is 25.8. The third kappa shape index (κ3) is 4.86. The van der Waals surface area contributed by atoms with Gasteiger partial charge in [-0.25, -0.2) is 0 Å². The summed E-state index contributed by atoms with van der Waals surface area (Å²) in [5.41, 5.74) is 28.2. The van der Waals surface area contributed by atoms with Gasteiger partial charge >= 0.3 is 6.85 Å². The highest BCUT2D eigenvalue weighted by Gasteiger charge is 2.54. The lowest BCUT2D eigenvalue weighted by atomic mass is 9.31. The fraction of sp³-hybridized carbons (Fsp3) is 0.254. The van der Waals surface area contributed by atoms with Gasteiger partial charge in [-0.15, -0.1) is 0 Å². The Balaban J connectivity index is 1.18. The molecule has 5 heteroatoms. The van der Waals surface area contributed by atoms with Crippen LogP contribution in [-0.2, 0) is 21.7 Å². The number of para-hydroxylation sites is 1. The van der Waals surface area contributed by atoms with E-state index in [2.05, 4.69) is 213 Å². The van der Waals surface area contributed by atoms with Crippen molar-refractivity contribution in [1.29, 1.82) is 0 Å². The van der Waals surface area contributed by atoms with Crippen molar-refractivity contribution >= 4 is 80.5 Å². The molecule has 5 heterocycles. The lowest BCUT2D eigenvalue weighted by molar-refractivity contribution is 0.590. The van der Waals surface area contributed by atoms with Crippen molar-refractivity contribution in [2.75, 3.05) is 9.71 Å². The monoisotopic (exact) mass is 828 g/mol. The number of benzene rings is 7. The van der Waals surface area contributed by atoms with E-state index in [9.17, 15) is 0 Å². The molecule has 0 spiro atoms. The summed E-state index contributed by atoms with van der Waals surface area (Å²) in [7, 11) is 0. The van der Waals surface area contributed by atoms with Crippen LogP contribution in [0.25, 0.3) is 44.3 Å². The van der Waals surface area contributed by atoms with Gasteiger partial charge in [0.25, 0.3) is 6.71 Å². The molecule has 4 aliphatic heterocycles. The lowest BCUT2D eigenvalue weighted by Gasteiger charge is -2.51. The Labute approximate surface area is 379 Å². The largest absolute Gasteiger partial charge is 0.468 e. The smallest absolute Gasteiger partial charge is 0.329 e. The average Bonchev–Trinajstić information content (AvgIpc) is 3.75. The standard InChI is InChI=1S/C59H54B2N2O/c1-56(2,3)33-20-23-39-41-26-27-49-51-53(41)63-52-43(40-24-21-34(57(4,5)6)30-47(40)61(63)46(39)29-33)28-35(58(7,8)9)31-48(52)60(51)55-54(42-17-13-15-19-50(42)64-55)62(49)36-22-25-38-37-16-12-14-18-44(37)59(10,11)45(38)32-36/h12-32H,1-11H3. The molecule has 64 heavy (non-hydrogen) atoms. The van der Waals surface area contributed by atoms with Crippen molar-refractivity contribution in [3.8, 4) is 33.4 Å². The van der Waals surface area contributed by atoms with Gasteiger partial charge in [0.1, 0.15) is 5.58 Å². The van der Waals surface area contributed by atoms with E-state index in [4.69, 9.17) is 4.42 Å². The number of hydrogen-bond acceptors (Lipinski definition) is 3. The van der Waals surface area contributed by atoms with Gasteiger partial charge in [0.15, 0.2) is 0 Å². The maximum atomic E-state index is 7.35. The van der Waals surface area contributed by atoms with E-state index in [1.165, 1.54) is 106 Å². The molecule has 1 aliphatic carbocycles. The van der Waals surface area contributed by atoms with Gasteiger partial charge in [-0.2, -0.15) is 0 Å². The predicted molar refractivity (Wildman–Crippen MR) is 274 cm³/mol. The van der Waals surface area contributed by atoms with Crippen LogP contribution in [0, 0.1) is 0 Å². The lowest BCUT2D eigenvalue weighted by Crippen LogP contribution is -2.69. The molecule has 13 rings (SSSR count). The third-order valence-electron chi connectivity index (χ3n) is 15.7. The van der Waals surface area contributed by atoms with Crippen LogP contribution >= 0.6 is 0 Å². The van der Waals surface area contributed by atoms with E-state index >= 15 is 0 Å². The van der Waals surface area contributed by atoms with Gasteiger partial charge < -0.3 is 14.1 Å². The van der Waals surface area contributed by atoms with Crippen molar-refractivity contribution in [3.05, 3.63) is 155 Å². The Morgan fingerprint density at radius 3 is 1.78 bits per heavy atom. The van der Waals surface area contributed by atoms with E-state index < -0.39 is 0 Å². The van der Waals surface area contributed by atoms with E-state index in [0.29, 0.717) is 0 Å². The first-order valence-electron chi connectivity index (χ1n) is 23.4. The molecule has 8 aromatic rings. The Bertz CT molecular complexity index is 3400. The molecule has 1 aromatic heterocycles. The van der Waals surface area contributed by atoms with Crippen molar-refractivity contribution in [2.45, 2.75) is 97.8 Å². The molecule has 7 aromatic carbocycles. The fourth-order valence-corrected chi connectivity index (χ4v) is 12.3. The molecule has 0 fully saturated rings. The molecule has 3 nitrogen and oxygen atoms in total. The van der Waals surface area contributed by atoms with E-state index in [1.807, 2.05) is 0 Å². The highest BCUT2D eigenvalue weighted by atomic mass is 16.3. The highest BCUT2D eigenvalue weighted by molar-refractivity contribution is 7.03. The Hall–Kier alpha value is -6.19. The van der Waals surface area contributed by atoms with Crippen molar-refractivity contribution < 1.29 is 4.42 Å². The van der Waals surface area contributed by atoms with Crippen molar-refractivity contribution in [3.63, 3.8) is 0 Å². The first-order chi connectivity index (χ1) is 30.4. The molecule has 0 radical (unpaired) electrons. The number of hydrogen-bond donors (Lipinski definition) is 0. The number of anilines is 5. The zero-order valence-corrected chi connectivity index (χ0v) is 39.1. The molecule has 312 valence electrons. The van der Waals surface area contributed by atoms with E-state index in [0.717, 1.165) is 22.3 Å². The second-order valence-electron chi connectivity index (χ2n) is 23.0. The van der Waals surface area contributed by atoms with Gasteiger partial charge in [0, 0.05) is 44.7 Å². The predicted octanol–water partition coefficient (Wildman–Crippen LogP) is 12.1. The summed E-state index contributed by atoms with van der Waals surface area (Å²) in [4.78, 5) is 5.36. The highest BCUT2D eigenvalue weighted by Crippen LogP contribution is 2.55. The quantitative estimate of drug-likeness (QED) is 0.154. The molecule has 0 amide bonds. The van der Waals surface area contributed by atoms with Gasteiger partial charge in [-0.05, 0) is 125 Å². The van der Waals surface area contributed by atoms with E-state index in [1.54, 1.807) is 0 Å². The fourth-order valence-electron chi connectivity index (χ4n) is 12.3. The van der Waals surface area contributed by atoms with Crippen LogP contribution < -0.4 is 37.2 Å². The second-order valence-corrected chi connectivity index (χ2v) is 23.0. The van der Waals surface area contributed by atoms with Crippen LogP contribution in [-0.4, -0.2) is 13.6 Å². The minimum absolute atomic E-state index is 0.00241. The minimum Gasteiger partial charge on any atom is -0.468 e. The topological polar surface area (TPSA) is 19.6 Å². The van der Waals surface area contributed by atoms with Gasteiger partial charge in [-0.1, -0.05) is 167 Å². The number of furan rings is 1.